The number of amides is 1. The molecule has 184 valence electrons. The number of nitrogens with one attached hydrogen (secondary N) is 1. The van der Waals surface area contributed by atoms with Gasteiger partial charge in [-0.25, -0.2) is 4.98 Å². The average Bonchev–Trinajstić information content (AvgIpc) is 3.39. The van der Waals surface area contributed by atoms with Crippen molar-refractivity contribution in [3.8, 4) is 5.69 Å². The normalized spacial score (nSPS) is 13.7. The molecule has 9 heteroatoms. The Hall–Kier alpha value is -4.11. The number of imidazole rings is 1. The molecule has 2 aromatic heterocycles. The van der Waals surface area contributed by atoms with Crippen LogP contribution in [0.2, 0.25) is 0 Å². The highest BCUT2D eigenvalue weighted by atomic mass is 19.4. The number of halogens is 3. The van der Waals surface area contributed by atoms with Crippen LogP contribution in [0.1, 0.15) is 34.5 Å². The zero-order chi connectivity index (χ0) is 25.6. The van der Waals surface area contributed by atoms with Gasteiger partial charge in [0.2, 0.25) is 0 Å². The Morgan fingerprint density at radius 1 is 1.03 bits per heavy atom. The van der Waals surface area contributed by atoms with Crippen molar-refractivity contribution in [1.82, 2.24) is 19.4 Å². The van der Waals surface area contributed by atoms with Crippen LogP contribution < -0.4 is 5.32 Å². The molecule has 6 nitrogen and oxygen atoms in total. The van der Waals surface area contributed by atoms with E-state index in [0.717, 1.165) is 28.6 Å². The topological polar surface area (TPSA) is 72.1 Å². The fraction of sp³-hybridized carbons (Fsp3) is 0.185. The molecule has 0 saturated heterocycles. The summed E-state index contributed by atoms with van der Waals surface area (Å²) >= 11 is 0. The first kappa shape index (κ1) is 23.6. The van der Waals surface area contributed by atoms with E-state index in [9.17, 15) is 23.1 Å². The molecule has 1 amide bonds. The fourth-order valence-corrected chi connectivity index (χ4v) is 4.50. The summed E-state index contributed by atoms with van der Waals surface area (Å²) in [6, 6.07) is 18.7. The zero-order valence-electron chi connectivity index (χ0n) is 19.5. The van der Waals surface area contributed by atoms with Crippen molar-refractivity contribution in [1.29, 1.82) is 0 Å². The smallest absolute Gasteiger partial charge is 0.391 e. The summed E-state index contributed by atoms with van der Waals surface area (Å²) in [5.74, 6) is -0.357. The van der Waals surface area contributed by atoms with E-state index >= 15 is 0 Å². The first-order valence-corrected chi connectivity index (χ1v) is 11.3. The Bertz CT molecular complexity index is 1550. The lowest BCUT2D eigenvalue weighted by Crippen LogP contribution is -2.35. The SMILES string of the molecule is C[C@H](O)[C@H](NC(=O)c1ccc2c(c1)c1c(ncn1C)n2-c1ccc(C(F)(F)F)cc1)c1ccccc1. The van der Waals surface area contributed by atoms with Gasteiger partial charge in [0.25, 0.3) is 5.91 Å². The van der Waals surface area contributed by atoms with Gasteiger partial charge < -0.3 is 15.0 Å². The second-order valence-electron chi connectivity index (χ2n) is 8.74. The highest BCUT2D eigenvalue weighted by Gasteiger charge is 2.30. The van der Waals surface area contributed by atoms with Crippen LogP contribution in [0.25, 0.3) is 27.8 Å². The lowest BCUT2D eigenvalue weighted by molar-refractivity contribution is -0.137. The number of alkyl halides is 3. The maximum Gasteiger partial charge on any atom is 0.416 e. The number of fused-ring (bicyclic) bond motifs is 3. The molecule has 3 aromatic carbocycles. The van der Waals surface area contributed by atoms with Gasteiger partial charge >= 0.3 is 6.18 Å². The molecule has 0 aliphatic rings. The number of rotatable bonds is 5. The van der Waals surface area contributed by atoms with Crippen molar-refractivity contribution < 1.29 is 23.1 Å². The molecule has 5 aromatic rings. The summed E-state index contributed by atoms with van der Waals surface area (Å²) in [5, 5.41) is 13.9. The fourth-order valence-electron chi connectivity index (χ4n) is 4.50. The summed E-state index contributed by atoms with van der Waals surface area (Å²) in [7, 11) is 1.82. The number of carbonyl (C=O) groups excluding carboxylic acids is 1. The summed E-state index contributed by atoms with van der Waals surface area (Å²) in [6.45, 7) is 1.62. The second-order valence-corrected chi connectivity index (χ2v) is 8.74. The van der Waals surface area contributed by atoms with E-state index in [1.807, 2.05) is 41.9 Å². The number of aryl methyl sites for hydroxylation is 1. The van der Waals surface area contributed by atoms with Crippen LogP contribution in [0.15, 0.2) is 79.1 Å². The minimum Gasteiger partial charge on any atom is -0.391 e. The van der Waals surface area contributed by atoms with E-state index in [1.165, 1.54) is 12.1 Å². The monoisotopic (exact) mass is 492 g/mol. The molecule has 2 atom stereocenters. The van der Waals surface area contributed by atoms with Crippen molar-refractivity contribution in [3.63, 3.8) is 0 Å². The van der Waals surface area contributed by atoms with E-state index in [1.54, 1.807) is 36.0 Å². The van der Waals surface area contributed by atoms with E-state index < -0.39 is 23.9 Å². The number of aromatic nitrogens is 3. The summed E-state index contributed by atoms with van der Waals surface area (Å²) in [4.78, 5) is 17.6. The third-order valence-corrected chi connectivity index (χ3v) is 6.26. The third-order valence-electron chi connectivity index (χ3n) is 6.26. The number of carbonyl (C=O) groups is 1. The van der Waals surface area contributed by atoms with Crippen molar-refractivity contribution in [2.75, 3.05) is 0 Å². The second kappa shape index (κ2) is 8.83. The van der Waals surface area contributed by atoms with Gasteiger partial charge in [-0.1, -0.05) is 30.3 Å². The molecular formula is C27H23F3N4O2. The van der Waals surface area contributed by atoms with Crippen LogP contribution in [0, 0.1) is 0 Å². The molecule has 0 fully saturated rings. The van der Waals surface area contributed by atoms with Crippen molar-refractivity contribution in [2.45, 2.75) is 25.2 Å². The molecule has 0 unspecified atom stereocenters. The maximum atomic E-state index is 13.2. The van der Waals surface area contributed by atoms with Gasteiger partial charge in [0, 0.05) is 23.7 Å². The Morgan fingerprint density at radius 3 is 2.36 bits per heavy atom. The van der Waals surface area contributed by atoms with Crippen LogP contribution in [-0.2, 0) is 13.2 Å². The molecular weight excluding hydrogens is 469 g/mol. The van der Waals surface area contributed by atoms with E-state index in [0.29, 0.717) is 22.4 Å². The first-order valence-electron chi connectivity index (χ1n) is 11.3. The van der Waals surface area contributed by atoms with Gasteiger partial charge in [-0.05, 0) is 55.0 Å². The standard InChI is InChI=1S/C27H23F3N4O2/c1-16(35)23(17-6-4-3-5-7-17)32-26(36)18-8-13-22-21(14-18)24-25(31-15-33(24)2)34(22)20-11-9-19(10-12-20)27(28,29)30/h3-16,23,35H,1-2H3,(H,32,36)/t16-,23-/m0/s1. The van der Waals surface area contributed by atoms with Gasteiger partial charge in [-0.15, -0.1) is 0 Å². The maximum absolute atomic E-state index is 13.2. The summed E-state index contributed by atoms with van der Waals surface area (Å²) in [5.41, 5.74) is 2.98. The van der Waals surface area contributed by atoms with Crippen molar-refractivity contribution >= 4 is 28.0 Å². The lowest BCUT2D eigenvalue weighted by Gasteiger charge is -2.22. The molecule has 0 aliphatic heterocycles. The Morgan fingerprint density at radius 2 is 1.72 bits per heavy atom. The number of hydrogen-bond donors (Lipinski definition) is 2. The van der Waals surface area contributed by atoms with E-state index in [-0.39, 0.29) is 5.91 Å². The van der Waals surface area contributed by atoms with E-state index in [2.05, 4.69) is 10.3 Å². The average molecular weight is 493 g/mol. The molecule has 2 N–H and O–H groups in total. The molecule has 0 radical (unpaired) electrons. The van der Waals surface area contributed by atoms with Gasteiger partial charge in [0.15, 0.2) is 5.65 Å². The molecule has 0 bridgehead atoms. The minimum absolute atomic E-state index is 0.357. The summed E-state index contributed by atoms with van der Waals surface area (Å²) in [6.07, 6.45) is -3.62. The number of aliphatic hydroxyl groups is 1. The molecule has 36 heavy (non-hydrogen) atoms. The molecule has 2 heterocycles. The van der Waals surface area contributed by atoms with Crippen molar-refractivity contribution in [3.05, 3.63) is 95.8 Å². The predicted molar refractivity (Wildman–Crippen MR) is 131 cm³/mol. The first-order chi connectivity index (χ1) is 17.1. The number of benzene rings is 3. The van der Waals surface area contributed by atoms with Crippen LogP contribution in [0.3, 0.4) is 0 Å². The van der Waals surface area contributed by atoms with Gasteiger partial charge in [0.1, 0.15) is 0 Å². The zero-order valence-corrected chi connectivity index (χ0v) is 19.5. The van der Waals surface area contributed by atoms with Crippen LogP contribution in [0.4, 0.5) is 13.2 Å². The third kappa shape index (κ3) is 4.11. The Labute approximate surface area is 204 Å². The van der Waals surface area contributed by atoms with Crippen LogP contribution >= 0.6 is 0 Å². The van der Waals surface area contributed by atoms with Crippen LogP contribution in [-0.4, -0.2) is 31.2 Å². The number of aliphatic hydroxyl groups excluding tert-OH is 1. The van der Waals surface area contributed by atoms with Crippen molar-refractivity contribution in [2.24, 2.45) is 7.05 Å². The predicted octanol–water partition coefficient (Wildman–Crippen LogP) is 5.39. The number of nitrogens with zero attached hydrogens (tertiary/aromatic N) is 3. The molecule has 0 saturated carbocycles. The van der Waals surface area contributed by atoms with Gasteiger partial charge in [-0.3, -0.25) is 9.36 Å². The lowest BCUT2D eigenvalue weighted by atomic mass is 10.0. The highest BCUT2D eigenvalue weighted by Crippen LogP contribution is 2.34. The Kier molecular flexibility index (Phi) is 5.80. The molecule has 0 spiro atoms. The molecule has 5 rings (SSSR count). The Balaban J connectivity index is 1.57. The van der Waals surface area contributed by atoms with Gasteiger partial charge in [0.05, 0.1) is 35.1 Å². The van der Waals surface area contributed by atoms with Crippen LogP contribution in [0.5, 0.6) is 0 Å². The molecule has 0 aliphatic carbocycles. The van der Waals surface area contributed by atoms with E-state index in [4.69, 9.17) is 0 Å². The summed E-state index contributed by atoms with van der Waals surface area (Å²) < 4.78 is 42.8. The largest absolute Gasteiger partial charge is 0.416 e. The minimum atomic E-state index is -4.43. The number of hydrogen-bond acceptors (Lipinski definition) is 3. The quantitative estimate of drug-likeness (QED) is 0.346. The highest BCUT2D eigenvalue weighted by molar-refractivity contribution is 6.09. The van der Waals surface area contributed by atoms with Gasteiger partial charge in [-0.2, -0.15) is 13.2 Å².